The molecule has 5 heteroatoms. The molecule has 1 aromatic carbocycles. The highest BCUT2D eigenvalue weighted by atomic mass is 79.9. The van der Waals surface area contributed by atoms with Crippen molar-refractivity contribution in [3.8, 4) is 0 Å². The van der Waals surface area contributed by atoms with Crippen molar-refractivity contribution in [3.05, 3.63) is 34.1 Å². The van der Waals surface area contributed by atoms with Crippen LogP contribution < -0.4 is 11.1 Å². The first-order valence-corrected chi connectivity index (χ1v) is 7.71. The van der Waals surface area contributed by atoms with Crippen molar-refractivity contribution >= 4 is 21.8 Å². The molecule has 2 rings (SSSR count). The number of amides is 1. The largest absolute Gasteiger partial charge is 0.350 e. The lowest BCUT2D eigenvalue weighted by Gasteiger charge is -2.35. The van der Waals surface area contributed by atoms with E-state index in [-0.39, 0.29) is 18.3 Å². The van der Waals surface area contributed by atoms with Gasteiger partial charge in [-0.15, -0.1) is 0 Å². The number of hydrogen-bond acceptors (Lipinski definition) is 2. The van der Waals surface area contributed by atoms with E-state index in [1.165, 1.54) is 12.1 Å². The Labute approximate surface area is 127 Å². The van der Waals surface area contributed by atoms with Gasteiger partial charge in [0.15, 0.2) is 0 Å². The van der Waals surface area contributed by atoms with Gasteiger partial charge in [-0.1, -0.05) is 35.7 Å². The fourth-order valence-corrected chi connectivity index (χ4v) is 3.22. The molecule has 0 radical (unpaired) electrons. The second-order valence-electron chi connectivity index (χ2n) is 5.78. The molecule has 0 aromatic heterocycles. The third-order valence-corrected chi connectivity index (χ3v) is 4.71. The number of halogens is 2. The first-order chi connectivity index (χ1) is 9.40. The molecular formula is C15H20BrFN2O. The Balaban J connectivity index is 1.99. The van der Waals surface area contributed by atoms with E-state index in [9.17, 15) is 9.18 Å². The molecule has 1 amide bonds. The van der Waals surface area contributed by atoms with Crippen molar-refractivity contribution in [1.29, 1.82) is 0 Å². The van der Waals surface area contributed by atoms with E-state index in [1.807, 2.05) is 0 Å². The summed E-state index contributed by atoms with van der Waals surface area (Å²) in [5, 5.41) is 2.84. The van der Waals surface area contributed by atoms with Gasteiger partial charge in [0.05, 0.1) is 5.54 Å². The van der Waals surface area contributed by atoms with Gasteiger partial charge in [-0.2, -0.15) is 0 Å². The number of carbonyl (C=O) groups excluding carboxylic acids is 1. The van der Waals surface area contributed by atoms with Gasteiger partial charge in [0.25, 0.3) is 0 Å². The lowest BCUT2D eigenvalue weighted by molar-refractivity contribution is -0.128. The Morgan fingerprint density at radius 1 is 1.60 bits per heavy atom. The number of nitrogens with two attached hydrogens (primary N) is 1. The number of rotatable bonds is 3. The van der Waals surface area contributed by atoms with Crippen molar-refractivity contribution < 1.29 is 9.18 Å². The van der Waals surface area contributed by atoms with E-state index in [0.717, 1.165) is 17.3 Å². The normalized spacial score (nSPS) is 26.3. The topological polar surface area (TPSA) is 55.1 Å². The monoisotopic (exact) mass is 342 g/mol. The van der Waals surface area contributed by atoms with Crippen LogP contribution in [0.3, 0.4) is 0 Å². The molecule has 0 heterocycles. The summed E-state index contributed by atoms with van der Waals surface area (Å²) in [6, 6.07) is 4.43. The first-order valence-electron chi connectivity index (χ1n) is 6.92. The van der Waals surface area contributed by atoms with Gasteiger partial charge in [0, 0.05) is 11.0 Å². The summed E-state index contributed by atoms with van der Waals surface area (Å²) in [4.78, 5) is 12.3. The zero-order chi connectivity index (χ0) is 14.8. The van der Waals surface area contributed by atoms with Crippen LogP contribution in [0.15, 0.2) is 22.7 Å². The van der Waals surface area contributed by atoms with Crippen molar-refractivity contribution in [2.45, 2.75) is 44.7 Å². The molecule has 1 saturated carbocycles. The molecule has 110 valence electrons. The van der Waals surface area contributed by atoms with Crippen LogP contribution >= 0.6 is 15.9 Å². The van der Waals surface area contributed by atoms with Gasteiger partial charge >= 0.3 is 0 Å². The van der Waals surface area contributed by atoms with Crippen LogP contribution in [0.2, 0.25) is 0 Å². The minimum absolute atomic E-state index is 0.139. The Bertz CT molecular complexity index is 509. The summed E-state index contributed by atoms with van der Waals surface area (Å²) in [7, 11) is 0. The third kappa shape index (κ3) is 3.58. The molecule has 0 spiro atoms. The molecule has 0 aliphatic heterocycles. The molecule has 0 bridgehead atoms. The van der Waals surface area contributed by atoms with E-state index < -0.39 is 5.54 Å². The van der Waals surface area contributed by atoms with Crippen molar-refractivity contribution in [3.63, 3.8) is 0 Å². The molecule has 3 N–H and O–H groups in total. The summed E-state index contributed by atoms with van der Waals surface area (Å²) < 4.78 is 14.0. The smallest absolute Gasteiger partial charge is 0.240 e. The molecule has 2 atom stereocenters. The average Bonchev–Trinajstić information content (AvgIpc) is 2.39. The van der Waals surface area contributed by atoms with Crippen LogP contribution in [0.1, 0.15) is 38.2 Å². The van der Waals surface area contributed by atoms with Crippen LogP contribution in [-0.4, -0.2) is 11.4 Å². The second kappa shape index (κ2) is 6.22. The second-order valence-corrected chi connectivity index (χ2v) is 6.63. The molecule has 2 unspecified atom stereocenters. The third-order valence-electron chi connectivity index (χ3n) is 3.93. The van der Waals surface area contributed by atoms with E-state index in [1.54, 1.807) is 6.07 Å². The van der Waals surface area contributed by atoms with Gasteiger partial charge in [0.1, 0.15) is 5.82 Å². The molecular weight excluding hydrogens is 323 g/mol. The Morgan fingerprint density at radius 2 is 2.35 bits per heavy atom. The number of nitrogens with one attached hydrogen (secondary N) is 1. The summed E-state index contributed by atoms with van der Waals surface area (Å²) in [5.41, 5.74) is 6.16. The maximum Gasteiger partial charge on any atom is 0.240 e. The van der Waals surface area contributed by atoms with Crippen LogP contribution in [0.25, 0.3) is 0 Å². The van der Waals surface area contributed by atoms with E-state index >= 15 is 0 Å². The predicted molar refractivity (Wildman–Crippen MR) is 80.5 cm³/mol. The number of hydrogen-bond donors (Lipinski definition) is 2. The fourth-order valence-electron chi connectivity index (χ4n) is 2.83. The highest BCUT2D eigenvalue weighted by Crippen LogP contribution is 2.30. The SMILES string of the molecule is CC1CCCC(N)(C(=O)NCc2cc(F)ccc2Br)C1. The maximum absolute atomic E-state index is 13.2. The van der Waals surface area contributed by atoms with Gasteiger partial charge < -0.3 is 11.1 Å². The van der Waals surface area contributed by atoms with Gasteiger partial charge in [-0.25, -0.2) is 4.39 Å². The molecule has 20 heavy (non-hydrogen) atoms. The summed E-state index contributed by atoms with van der Waals surface area (Å²) >= 11 is 3.35. The summed E-state index contributed by atoms with van der Waals surface area (Å²) in [6.45, 7) is 2.40. The first kappa shape index (κ1) is 15.4. The van der Waals surface area contributed by atoms with Crippen molar-refractivity contribution in [2.75, 3.05) is 0 Å². The molecule has 1 aliphatic carbocycles. The minimum Gasteiger partial charge on any atom is -0.350 e. The lowest BCUT2D eigenvalue weighted by Crippen LogP contribution is -2.56. The fraction of sp³-hybridized carbons (Fsp3) is 0.533. The Morgan fingerprint density at radius 3 is 3.05 bits per heavy atom. The van der Waals surface area contributed by atoms with Crippen LogP contribution in [0.4, 0.5) is 4.39 Å². The zero-order valence-electron chi connectivity index (χ0n) is 11.6. The van der Waals surface area contributed by atoms with Crippen LogP contribution in [-0.2, 0) is 11.3 Å². The number of benzene rings is 1. The standard InChI is InChI=1S/C15H20BrFN2O/c1-10-3-2-6-15(18,8-10)14(20)19-9-11-7-12(17)4-5-13(11)16/h4-5,7,10H,2-3,6,8-9,18H2,1H3,(H,19,20). The molecule has 0 saturated heterocycles. The van der Waals surface area contributed by atoms with Crippen molar-refractivity contribution in [1.82, 2.24) is 5.32 Å². The Kier molecular flexibility index (Phi) is 4.81. The van der Waals surface area contributed by atoms with Gasteiger partial charge in [-0.3, -0.25) is 4.79 Å². The lowest BCUT2D eigenvalue weighted by atomic mass is 9.76. The molecule has 1 aliphatic rings. The van der Waals surface area contributed by atoms with Gasteiger partial charge in [0.2, 0.25) is 5.91 Å². The molecule has 1 fully saturated rings. The van der Waals surface area contributed by atoms with E-state index in [4.69, 9.17) is 5.73 Å². The maximum atomic E-state index is 13.2. The van der Waals surface area contributed by atoms with Crippen molar-refractivity contribution in [2.24, 2.45) is 11.7 Å². The zero-order valence-corrected chi connectivity index (χ0v) is 13.2. The highest BCUT2D eigenvalue weighted by molar-refractivity contribution is 9.10. The Hall–Kier alpha value is -0.940. The highest BCUT2D eigenvalue weighted by Gasteiger charge is 2.37. The average molecular weight is 343 g/mol. The summed E-state index contributed by atoms with van der Waals surface area (Å²) in [6.07, 6.45) is 3.53. The quantitative estimate of drug-likeness (QED) is 0.886. The number of carbonyl (C=O) groups is 1. The van der Waals surface area contributed by atoms with E-state index in [2.05, 4.69) is 28.2 Å². The van der Waals surface area contributed by atoms with Crippen LogP contribution in [0, 0.1) is 11.7 Å². The molecule has 3 nitrogen and oxygen atoms in total. The van der Waals surface area contributed by atoms with E-state index in [0.29, 0.717) is 24.3 Å². The summed E-state index contributed by atoms with van der Waals surface area (Å²) in [5.74, 6) is 0.0202. The molecule has 1 aromatic rings. The van der Waals surface area contributed by atoms with Gasteiger partial charge in [-0.05, 0) is 42.5 Å². The van der Waals surface area contributed by atoms with Crippen LogP contribution in [0.5, 0.6) is 0 Å². The predicted octanol–water partition coefficient (Wildman–Crippen LogP) is 3.11. The minimum atomic E-state index is -0.780.